The highest BCUT2D eigenvalue weighted by atomic mass is 16.5. The molecular weight excluding hydrogens is 418 g/mol. The number of hydrogen-bond donors (Lipinski definition) is 5. The highest BCUT2D eigenvalue weighted by Gasteiger charge is 2.29. The predicted octanol–water partition coefficient (Wildman–Crippen LogP) is 2.46. The van der Waals surface area contributed by atoms with Gasteiger partial charge >= 0.3 is 0 Å². The van der Waals surface area contributed by atoms with Crippen molar-refractivity contribution in [2.75, 3.05) is 26.8 Å². The van der Waals surface area contributed by atoms with Crippen molar-refractivity contribution < 1.29 is 14.3 Å². The van der Waals surface area contributed by atoms with Gasteiger partial charge < -0.3 is 26.1 Å². The number of aromatic amines is 1. The van der Waals surface area contributed by atoms with Crippen molar-refractivity contribution in [3.63, 3.8) is 0 Å². The summed E-state index contributed by atoms with van der Waals surface area (Å²) in [6, 6.07) is 13.0. The molecule has 8 nitrogen and oxygen atoms in total. The first kappa shape index (κ1) is 24.0. The van der Waals surface area contributed by atoms with Crippen LogP contribution < -0.4 is 16.4 Å². The first-order valence-electron chi connectivity index (χ1n) is 10.8. The van der Waals surface area contributed by atoms with Gasteiger partial charge in [-0.15, -0.1) is 0 Å². The molecule has 0 unspecified atom stereocenters. The maximum absolute atomic E-state index is 12.6. The van der Waals surface area contributed by atoms with E-state index in [1.807, 2.05) is 44.2 Å². The van der Waals surface area contributed by atoms with Crippen LogP contribution in [0, 0.1) is 5.41 Å². The van der Waals surface area contributed by atoms with E-state index in [1.54, 1.807) is 25.4 Å². The van der Waals surface area contributed by atoms with Crippen molar-refractivity contribution in [3.8, 4) is 0 Å². The van der Waals surface area contributed by atoms with E-state index in [1.165, 1.54) is 0 Å². The molecule has 0 bridgehead atoms. The number of methoxy groups -OCH3 is 1. The Bertz CT molecular complexity index is 1150. The van der Waals surface area contributed by atoms with Gasteiger partial charge in [0.2, 0.25) is 5.91 Å². The van der Waals surface area contributed by atoms with Crippen LogP contribution in [-0.4, -0.2) is 49.4 Å². The van der Waals surface area contributed by atoms with Gasteiger partial charge in [0.25, 0.3) is 5.91 Å². The standard InChI is InChI=1S/C25H31N5O3/c1-25(2,24(32)29-12-13-33-3)18-7-5-17(6-8-18)23(31)28-11-10-16-4-9-21-19(14-16)20(15-30-21)22(26)27/h4-9,14-15,30H,10-13H2,1-3H3,(H3,26,27)(H,28,31)(H,29,32). The average Bonchev–Trinajstić information content (AvgIpc) is 3.23. The van der Waals surface area contributed by atoms with Gasteiger partial charge in [-0.1, -0.05) is 18.2 Å². The van der Waals surface area contributed by atoms with E-state index in [4.69, 9.17) is 15.9 Å². The third kappa shape index (κ3) is 5.59. The number of nitrogens with two attached hydrogens (primary N) is 1. The van der Waals surface area contributed by atoms with Crippen LogP contribution >= 0.6 is 0 Å². The highest BCUT2D eigenvalue weighted by molar-refractivity contribution is 6.07. The lowest BCUT2D eigenvalue weighted by Crippen LogP contribution is -2.41. The summed E-state index contributed by atoms with van der Waals surface area (Å²) in [5.41, 5.74) is 8.92. The van der Waals surface area contributed by atoms with Crippen LogP contribution in [0.3, 0.4) is 0 Å². The molecule has 0 atom stereocenters. The van der Waals surface area contributed by atoms with Crippen LogP contribution in [0.2, 0.25) is 0 Å². The van der Waals surface area contributed by atoms with Gasteiger partial charge in [-0.25, -0.2) is 0 Å². The Morgan fingerprint density at radius 2 is 1.82 bits per heavy atom. The minimum atomic E-state index is -0.724. The zero-order chi connectivity index (χ0) is 24.0. The third-order valence-electron chi connectivity index (χ3n) is 5.76. The van der Waals surface area contributed by atoms with Crippen molar-refractivity contribution in [1.29, 1.82) is 5.41 Å². The van der Waals surface area contributed by atoms with E-state index >= 15 is 0 Å². The number of nitrogen functional groups attached to an aromatic ring is 1. The predicted molar refractivity (Wildman–Crippen MR) is 130 cm³/mol. The summed E-state index contributed by atoms with van der Waals surface area (Å²) in [4.78, 5) is 28.2. The maximum Gasteiger partial charge on any atom is 0.251 e. The van der Waals surface area contributed by atoms with Gasteiger partial charge in [0.15, 0.2) is 0 Å². The summed E-state index contributed by atoms with van der Waals surface area (Å²) < 4.78 is 4.97. The normalized spacial score (nSPS) is 11.4. The molecule has 33 heavy (non-hydrogen) atoms. The lowest BCUT2D eigenvalue weighted by molar-refractivity contribution is -0.125. The fourth-order valence-electron chi connectivity index (χ4n) is 3.63. The fraction of sp³-hybridized carbons (Fsp3) is 0.320. The van der Waals surface area contributed by atoms with E-state index in [0.717, 1.165) is 22.0 Å². The van der Waals surface area contributed by atoms with Crippen LogP contribution in [0.4, 0.5) is 0 Å². The molecule has 0 aliphatic rings. The number of benzene rings is 2. The Morgan fingerprint density at radius 1 is 1.09 bits per heavy atom. The van der Waals surface area contributed by atoms with E-state index < -0.39 is 5.41 Å². The van der Waals surface area contributed by atoms with Crippen molar-refractivity contribution in [1.82, 2.24) is 15.6 Å². The number of rotatable bonds is 10. The lowest BCUT2D eigenvalue weighted by Gasteiger charge is -2.24. The molecule has 0 aliphatic heterocycles. The van der Waals surface area contributed by atoms with Crippen molar-refractivity contribution in [3.05, 3.63) is 70.9 Å². The minimum Gasteiger partial charge on any atom is -0.384 e. The van der Waals surface area contributed by atoms with Gasteiger partial charge in [0, 0.05) is 48.4 Å². The van der Waals surface area contributed by atoms with Gasteiger partial charge in [-0.2, -0.15) is 0 Å². The monoisotopic (exact) mass is 449 g/mol. The SMILES string of the molecule is COCCNC(=O)C(C)(C)c1ccc(C(=O)NCCc2ccc3[nH]cc(C(=N)N)c3c2)cc1. The Hall–Kier alpha value is -3.65. The maximum atomic E-state index is 12.6. The molecule has 0 saturated heterocycles. The number of amidine groups is 1. The molecule has 3 aromatic rings. The molecule has 6 N–H and O–H groups in total. The highest BCUT2D eigenvalue weighted by Crippen LogP contribution is 2.24. The van der Waals surface area contributed by atoms with Gasteiger partial charge in [0.1, 0.15) is 5.84 Å². The summed E-state index contributed by atoms with van der Waals surface area (Å²) in [7, 11) is 1.59. The Morgan fingerprint density at radius 3 is 2.48 bits per heavy atom. The zero-order valence-corrected chi connectivity index (χ0v) is 19.2. The number of aromatic nitrogens is 1. The third-order valence-corrected chi connectivity index (χ3v) is 5.76. The second kappa shape index (κ2) is 10.3. The van der Waals surface area contributed by atoms with Crippen LogP contribution in [0.5, 0.6) is 0 Å². The second-order valence-corrected chi connectivity index (χ2v) is 8.45. The molecule has 1 heterocycles. The Balaban J connectivity index is 1.57. The molecule has 1 aromatic heterocycles. The number of fused-ring (bicyclic) bond motifs is 1. The molecule has 0 aliphatic carbocycles. The van der Waals surface area contributed by atoms with Crippen LogP contribution in [0.1, 0.15) is 40.9 Å². The van der Waals surface area contributed by atoms with E-state index in [9.17, 15) is 9.59 Å². The molecule has 2 aromatic carbocycles. The van der Waals surface area contributed by atoms with E-state index in [0.29, 0.717) is 37.2 Å². The first-order chi connectivity index (χ1) is 15.7. The van der Waals surface area contributed by atoms with Gasteiger partial charge in [0.05, 0.1) is 12.0 Å². The van der Waals surface area contributed by atoms with Crippen LogP contribution in [0.15, 0.2) is 48.7 Å². The summed E-state index contributed by atoms with van der Waals surface area (Å²) in [6.07, 6.45) is 2.38. The number of H-pyrrole nitrogens is 1. The first-order valence-corrected chi connectivity index (χ1v) is 10.8. The lowest BCUT2D eigenvalue weighted by atomic mass is 9.83. The Kier molecular flexibility index (Phi) is 7.50. The number of ether oxygens (including phenoxy) is 1. The number of carbonyl (C=O) groups excluding carboxylic acids is 2. The number of amides is 2. The largest absolute Gasteiger partial charge is 0.384 e. The smallest absolute Gasteiger partial charge is 0.251 e. The molecule has 8 heteroatoms. The minimum absolute atomic E-state index is 0.0192. The molecule has 3 rings (SSSR count). The summed E-state index contributed by atoms with van der Waals surface area (Å²) in [5, 5.41) is 14.4. The van der Waals surface area contributed by atoms with Crippen molar-refractivity contribution >= 4 is 28.6 Å². The zero-order valence-electron chi connectivity index (χ0n) is 19.2. The summed E-state index contributed by atoms with van der Waals surface area (Å²) >= 11 is 0. The van der Waals surface area contributed by atoms with Gasteiger partial charge in [-0.3, -0.25) is 15.0 Å². The number of carbonyl (C=O) groups is 2. The molecule has 0 saturated carbocycles. The van der Waals surface area contributed by atoms with Gasteiger partial charge in [-0.05, 0) is 55.7 Å². The van der Waals surface area contributed by atoms with E-state index in [2.05, 4.69) is 15.6 Å². The molecule has 0 radical (unpaired) electrons. The second-order valence-electron chi connectivity index (χ2n) is 8.45. The molecule has 174 valence electrons. The number of nitrogens with one attached hydrogen (secondary N) is 4. The molecule has 2 amide bonds. The Labute approximate surface area is 193 Å². The quantitative estimate of drug-likeness (QED) is 0.185. The summed E-state index contributed by atoms with van der Waals surface area (Å²) in [6.45, 7) is 5.08. The molecular formula is C25H31N5O3. The van der Waals surface area contributed by atoms with Crippen molar-refractivity contribution in [2.24, 2.45) is 5.73 Å². The van der Waals surface area contributed by atoms with Crippen LogP contribution in [-0.2, 0) is 21.4 Å². The number of hydrogen-bond acceptors (Lipinski definition) is 4. The topological polar surface area (TPSA) is 133 Å². The van der Waals surface area contributed by atoms with Crippen LogP contribution in [0.25, 0.3) is 10.9 Å². The fourth-order valence-corrected chi connectivity index (χ4v) is 3.63. The molecule has 0 fully saturated rings. The molecule has 0 spiro atoms. The van der Waals surface area contributed by atoms with E-state index in [-0.39, 0.29) is 17.6 Å². The van der Waals surface area contributed by atoms with Crippen molar-refractivity contribution in [2.45, 2.75) is 25.7 Å². The average molecular weight is 450 g/mol. The summed E-state index contributed by atoms with van der Waals surface area (Å²) in [5.74, 6) is -0.245.